The summed E-state index contributed by atoms with van der Waals surface area (Å²) < 4.78 is 34.2. The Morgan fingerprint density at radius 1 is 1.02 bits per heavy atom. The van der Waals surface area contributed by atoms with Gasteiger partial charge in [0, 0.05) is 50.1 Å². The summed E-state index contributed by atoms with van der Waals surface area (Å²) in [6.07, 6.45) is 2.53. The quantitative estimate of drug-likeness (QED) is 0.426. The highest BCUT2D eigenvalue weighted by Gasteiger charge is 2.38. The number of aromatic nitrogens is 1. The monoisotopic (exact) mass is 613 g/mol. The molecule has 1 saturated heterocycles. The van der Waals surface area contributed by atoms with Crippen molar-refractivity contribution in [3.05, 3.63) is 35.0 Å². The maximum absolute atomic E-state index is 12.8. The number of benzene rings is 1. The SMILES string of the molecule is CO[C@H]1CN(c2ccc(-c3c4c(c(C)c(C(=O)O)c3[C@H]3CC[C@H](NC(=O)OC(C)(C)C)CC3)OC(C)O4)cn2)C[C@@H](OC)O1. The number of carboxylic acids is 1. The molecule has 44 heavy (non-hydrogen) atoms. The largest absolute Gasteiger partial charge is 0.478 e. The second-order valence-electron chi connectivity index (χ2n) is 12.5. The van der Waals surface area contributed by atoms with E-state index in [2.05, 4.69) is 5.32 Å². The van der Waals surface area contributed by atoms with Crippen LogP contribution in [0, 0.1) is 6.92 Å². The lowest BCUT2D eigenvalue weighted by Gasteiger charge is -2.37. The van der Waals surface area contributed by atoms with Crippen molar-refractivity contribution in [2.75, 3.05) is 32.2 Å². The van der Waals surface area contributed by atoms with Crippen molar-refractivity contribution in [3.63, 3.8) is 0 Å². The number of methoxy groups -OCH3 is 2. The summed E-state index contributed by atoms with van der Waals surface area (Å²) in [6.45, 7) is 10.0. The molecule has 1 aliphatic carbocycles. The van der Waals surface area contributed by atoms with E-state index in [1.165, 1.54) is 0 Å². The second kappa shape index (κ2) is 12.8. The first-order valence-corrected chi connectivity index (χ1v) is 15.1. The minimum Gasteiger partial charge on any atom is -0.478 e. The molecule has 2 aromatic rings. The highest BCUT2D eigenvalue weighted by atomic mass is 16.8. The van der Waals surface area contributed by atoms with Crippen LogP contribution in [0.3, 0.4) is 0 Å². The van der Waals surface area contributed by atoms with Crippen LogP contribution in [0.25, 0.3) is 11.1 Å². The Hall–Kier alpha value is -3.61. The molecule has 2 aliphatic heterocycles. The standard InChI is InChI=1S/C32H43N3O9/c1-17-25(30(36)37)26(19-8-11-21(12-9-19)34-31(38)44-32(3,4)5)27(29-28(17)41-18(2)42-29)20-10-13-22(33-14-20)35-15-23(39-6)43-24(16-35)40-7/h10,13-14,18-19,21,23-24H,8-9,11-12,15-16H2,1-7H3,(H,34,38)(H,36,37)/t18?,19-,21-,23-,24+. The fraction of sp³-hybridized carbons (Fsp3) is 0.594. The van der Waals surface area contributed by atoms with Crippen molar-refractivity contribution in [2.45, 2.75) is 96.7 Å². The van der Waals surface area contributed by atoms with Gasteiger partial charge in [0.15, 0.2) is 24.1 Å². The lowest BCUT2D eigenvalue weighted by Crippen LogP contribution is -2.49. The molecule has 3 heterocycles. The number of ether oxygens (including phenoxy) is 6. The lowest BCUT2D eigenvalue weighted by atomic mass is 9.76. The van der Waals surface area contributed by atoms with Crippen molar-refractivity contribution in [2.24, 2.45) is 0 Å². The third kappa shape index (κ3) is 6.72. The number of hydrogen-bond acceptors (Lipinski definition) is 10. The molecular weight excluding hydrogens is 570 g/mol. The van der Waals surface area contributed by atoms with Gasteiger partial charge in [-0.05, 0) is 77.0 Å². The van der Waals surface area contributed by atoms with Crippen LogP contribution in [0.15, 0.2) is 18.3 Å². The number of pyridine rings is 1. The van der Waals surface area contributed by atoms with Crippen molar-refractivity contribution in [1.29, 1.82) is 0 Å². The van der Waals surface area contributed by atoms with Gasteiger partial charge in [-0.2, -0.15) is 0 Å². The number of rotatable bonds is 7. The van der Waals surface area contributed by atoms with Crippen LogP contribution < -0.4 is 19.7 Å². The van der Waals surface area contributed by atoms with Gasteiger partial charge in [-0.15, -0.1) is 0 Å². The number of carbonyl (C=O) groups is 2. The fourth-order valence-electron chi connectivity index (χ4n) is 6.29. The Balaban J connectivity index is 1.49. The number of hydrogen-bond donors (Lipinski definition) is 2. The molecule has 1 aromatic carbocycles. The third-order valence-corrected chi connectivity index (χ3v) is 8.25. The summed E-state index contributed by atoms with van der Waals surface area (Å²) in [5.41, 5.74) is 2.30. The number of nitrogens with one attached hydrogen (secondary N) is 1. The van der Waals surface area contributed by atoms with E-state index in [0.717, 1.165) is 5.56 Å². The first-order valence-electron chi connectivity index (χ1n) is 15.1. The summed E-state index contributed by atoms with van der Waals surface area (Å²) in [6, 6.07) is 3.77. The molecule has 0 spiro atoms. The average Bonchev–Trinajstić information content (AvgIpc) is 3.37. The Kier molecular flexibility index (Phi) is 9.24. The van der Waals surface area contributed by atoms with E-state index in [9.17, 15) is 14.7 Å². The molecule has 2 N–H and O–H groups in total. The van der Waals surface area contributed by atoms with Crippen LogP contribution >= 0.6 is 0 Å². The van der Waals surface area contributed by atoms with Gasteiger partial charge in [-0.3, -0.25) is 0 Å². The van der Waals surface area contributed by atoms with Crippen LogP contribution in [0.2, 0.25) is 0 Å². The molecule has 12 heteroatoms. The van der Waals surface area contributed by atoms with Gasteiger partial charge in [-0.1, -0.05) is 0 Å². The number of alkyl carbamates (subject to hydrolysis) is 1. The van der Waals surface area contributed by atoms with Crippen LogP contribution in [0.5, 0.6) is 11.5 Å². The van der Waals surface area contributed by atoms with Gasteiger partial charge in [0.1, 0.15) is 11.4 Å². The topological polar surface area (TPSA) is 138 Å². The van der Waals surface area contributed by atoms with Crippen LogP contribution in [0.4, 0.5) is 10.6 Å². The number of nitrogens with zero attached hydrogens (tertiary/aromatic N) is 2. The number of amides is 1. The molecule has 1 unspecified atom stereocenters. The predicted molar refractivity (Wildman–Crippen MR) is 161 cm³/mol. The molecule has 1 saturated carbocycles. The number of anilines is 1. The summed E-state index contributed by atoms with van der Waals surface area (Å²) in [7, 11) is 3.17. The zero-order valence-corrected chi connectivity index (χ0v) is 26.5. The number of morpholine rings is 1. The van der Waals surface area contributed by atoms with E-state index < -0.39 is 36.5 Å². The van der Waals surface area contributed by atoms with Crippen LogP contribution in [-0.2, 0) is 18.9 Å². The van der Waals surface area contributed by atoms with Gasteiger partial charge in [-0.25, -0.2) is 14.6 Å². The zero-order valence-electron chi connectivity index (χ0n) is 26.5. The Labute approximate surface area is 257 Å². The number of fused-ring (bicyclic) bond motifs is 1. The molecule has 240 valence electrons. The van der Waals surface area contributed by atoms with Gasteiger partial charge < -0.3 is 43.7 Å². The number of aromatic carboxylic acids is 1. The molecule has 12 nitrogen and oxygen atoms in total. The third-order valence-electron chi connectivity index (χ3n) is 8.25. The average molecular weight is 614 g/mol. The second-order valence-corrected chi connectivity index (χ2v) is 12.5. The van der Waals surface area contributed by atoms with E-state index in [1.54, 1.807) is 34.3 Å². The number of carbonyl (C=O) groups excluding carboxylic acids is 1. The summed E-state index contributed by atoms with van der Waals surface area (Å²) in [5, 5.41) is 13.5. The van der Waals surface area contributed by atoms with Crippen molar-refractivity contribution in [3.8, 4) is 22.6 Å². The van der Waals surface area contributed by atoms with Crippen LogP contribution in [-0.4, -0.2) is 80.0 Å². The molecular formula is C32H43N3O9. The Bertz CT molecular complexity index is 1350. The van der Waals surface area contributed by atoms with Gasteiger partial charge >= 0.3 is 12.1 Å². The maximum Gasteiger partial charge on any atom is 0.407 e. The Morgan fingerprint density at radius 2 is 1.66 bits per heavy atom. The predicted octanol–water partition coefficient (Wildman–Crippen LogP) is 5.20. The molecule has 3 atom stereocenters. The van der Waals surface area contributed by atoms with E-state index in [4.69, 9.17) is 33.4 Å². The Morgan fingerprint density at radius 3 is 2.20 bits per heavy atom. The summed E-state index contributed by atoms with van der Waals surface area (Å²) >= 11 is 0. The minimum absolute atomic E-state index is 0.0608. The first-order chi connectivity index (χ1) is 20.9. The van der Waals surface area contributed by atoms with Gasteiger partial charge in [0.2, 0.25) is 6.29 Å². The smallest absolute Gasteiger partial charge is 0.407 e. The first kappa shape index (κ1) is 31.8. The molecule has 0 radical (unpaired) electrons. The van der Waals surface area contributed by atoms with Gasteiger partial charge in [0.25, 0.3) is 0 Å². The molecule has 5 rings (SSSR count). The zero-order chi connectivity index (χ0) is 31.8. The van der Waals surface area contributed by atoms with E-state index in [-0.39, 0.29) is 17.5 Å². The van der Waals surface area contributed by atoms with Gasteiger partial charge in [0.05, 0.1) is 18.7 Å². The maximum atomic E-state index is 12.8. The summed E-state index contributed by atoms with van der Waals surface area (Å²) in [4.78, 5) is 32.0. The van der Waals surface area contributed by atoms with Crippen LogP contribution in [0.1, 0.15) is 80.8 Å². The molecule has 1 amide bonds. The normalized spacial score (nSPS) is 25.1. The van der Waals surface area contributed by atoms with Crippen molar-refractivity contribution < 1.29 is 43.1 Å². The molecule has 1 aromatic heterocycles. The summed E-state index contributed by atoms with van der Waals surface area (Å²) in [5.74, 6) is 0.581. The molecule has 3 aliphatic rings. The molecule has 2 fully saturated rings. The van der Waals surface area contributed by atoms with Crippen molar-refractivity contribution >= 4 is 17.9 Å². The highest BCUT2D eigenvalue weighted by molar-refractivity contribution is 5.97. The highest BCUT2D eigenvalue weighted by Crippen LogP contribution is 2.53. The lowest BCUT2D eigenvalue weighted by molar-refractivity contribution is -0.235. The fourth-order valence-corrected chi connectivity index (χ4v) is 6.29. The van der Waals surface area contributed by atoms with Crippen molar-refractivity contribution in [1.82, 2.24) is 10.3 Å². The van der Waals surface area contributed by atoms with E-state index in [0.29, 0.717) is 72.8 Å². The van der Waals surface area contributed by atoms with E-state index >= 15 is 0 Å². The van der Waals surface area contributed by atoms with E-state index in [1.807, 2.05) is 37.8 Å². The number of carboxylic acid groups (broad SMARTS) is 1. The molecule has 0 bridgehead atoms. The minimum atomic E-state index is -1.02.